The Bertz CT molecular complexity index is 932. The Kier molecular flexibility index (Phi) is 6.11. The van der Waals surface area contributed by atoms with Gasteiger partial charge in [-0.3, -0.25) is 4.79 Å². The van der Waals surface area contributed by atoms with Crippen LogP contribution < -0.4 is 14.8 Å². The van der Waals surface area contributed by atoms with Gasteiger partial charge < -0.3 is 14.8 Å². The number of methoxy groups -OCH3 is 1. The van der Waals surface area contributed by atoms with Gasteiger partial charge in [-0.2, -0.15) is 0 Å². The molecule has 6 nitrogen and oxygen atoms in total. The topological polar surface area (TPSA) is 73.3 Å². The predicted molar refractivity (Wildman–Crippen MR) is 105 cm³/mol. The molecule has 138 valence electrons. The predicted octanol–water partition coefficient (Wildman–Crippen LogP) is 4.48. The fourth-order valence-electron chi connectivity index (χ4n) is 2.24. The smallest absolute Gasteiger partial charge is 0.262 e. The van der Waals surface area contributed by atoms with Gasteiger partial charge in [-0.15, -0.1) is 10.2 Å². The average Bonchev–Trinajstić information content (AvgIpc) is 2.69. The van der Waals surface area contributed by atoms with Crippen LogP contribution in [0.5, 0.6) is 11.6 Å². The van der Waals surface area contributed by atoms with Gasteiger partial charge in [0.25, 0.3) is 5.91 Å². The number of hydrogen-bond acceptors (Lipinski definition) is 5. The summed E-state index contributed by atoms with van der Waals surface area (Å²) in [5.41, 5.74) is 2.20. The van der Waals surface area contributed by atoms with Crippen molar-refractivity contribution in [3.8, 4) is 22.9 Å². The highest BCUT2D eigenvalue weighted by Crippen LogP contribution is 2.27. The molecule has 0 fully saturated rings. The Hall–Kier alpha value is -2.83. The van der Waals surface area contributed by atoms with E-state index in [2.05, 4.69) is 15.5 Å². The number of nitrogens with one attached hydrogen (secondary N) is 1. The summed E-state index contributed by atoms with van der Waals surface area (Å²) in [5, 5.41) is 11.6. The van der Waals surface area contributed by atoms with Crippen molar-refractivity contribution in [1.29, 1.82) is 0 Å². The van der Waals surface area contributed by atoms with Crippen LogP contribution in [0.4, 0.5) is 5.69 Å². The zero-order valence-corrected chi connectivity index (χ0v) is 15.8. The highest BCUT2D eigenvalue weighted by molar-refractivity contribution is 6.34. The zero-order chi connectivity index (χ0) is 19.2. The lowest BCUT2D eigenvalue weighted by atomic mass is 10.1. The minimum atomic E-state index is -0.317. The molecule has 27 heavy (non-hydrogen) atoms. The van der Waals surface area contributed by atoms with Crippen LogP contribution in [0.3, 0.4) is 0 Å². The quantitative estimate of drug-likeness (QED) is 0.656. The number of benzene rings is 2. The molecule has 0 aliphatic carbocycles. The van der Waals surface area contributed by atoms with Crippen molar-refractivity contribution in [2.24, 2.45) is 0 Å². The third kappa shape index (κ3) is 5.09. The van der Waals surface area contributed by atoms with E-state index < -0.39 is 0 Å². The number of halogens is 2. The molecule has 3 rings (SSSR count). The van der Waals surface area contributed by atoms with Gasteiger partial charge in [0.1, 0.15) is 5.75 Å². The van der Waals surface area contributed by atoms with Crippen LogP contribution in [0.2, 0.25) is 10.0 Å². The summed E-state index contributed by atoms with van der Waals surface area (Å²) in [6.07, 6.45) is 0. The van der Waals surface area contributed by atoms with Crippen molar-refractivity contribution < 1.29 is 14.3 Å². The number of nitrogens with zero attached hydrogens (tertiary/aromatic N) is 2. The van der Waals surface area contributed by atoms with Crippen molar-refractivity contribution in [2.75, 3.05) is 19.0 Å². The molecule has 0 spiro atoms. The van der Waals surface area contributed by atoms with E-state index in [1.807, 2.05) is 18.2 Å². The molecule has 0 saturated heterocycles. The van der Waals surface area contributed by atoms with Gasteiger partial charge in [-0.05, 0) is 30.3 Å². The van der Waals surface area contributed by atoms with Crippen molar-refractivity contribution in [1.82, 2.24) is 10.2 Å². The van der Waals surface area contributed by atoms with Gasteiger partial charge in [-0.25, -0.2) is 0 Å². The van der Waals surface area contributed by atoms with E-state index in [4.69, 9.17) is 32.7 Å². The minimum absolute atomic E-state index is 0.189. The molecular formula is C19H15Cl2N3O3. The summed E-state index contributed by atoms with van der Waals surface area (Å²) in [5.74, 6) is 0.484. The molecule has 1 heterocycles. The largest absolute Gasteiger partial charge is 0.482 e. The SMILES string of the molecule is COc1ccc(-c2ccc(NC(=O)COc3cc(Cl)ccc3Cl)cc2)nn1. The molecule has 0 aliphatic rings. The van der Waals surface area contributed by atoms with Crippen LogP contribution in [0.25, 0.3) is 11.3 Å². The Morgan fingerprint density at radius 1 is 1.04 bits per heavy atom. The monoisotopic (exact) mass is 403 g/mol. The molecule has 1 N–H and O–H groups in total. The zero-order valence-electron chi connectivity index (χ0n) is 14.3. The van der Waals surface area contributed by atoms with Gasteiger partial charge >= 0.3 is 0 Å². The molecule has 1 amide bonds. The maximum atomic E-state index is 12.1. The second kappa shape index (κ2) is 8.70. The lowest BCUT2D eigenvalue weighted by Gasteiger charge is -2.09. The Labute approximate surface area is 166 Å². The number of ether oxygens (including phenoxy) is 2. The first kappa shape index (κ1) is 18.9. The molecule has 0 atom stereocenters. The molecular weight excluding hydrogens is 389 g/mol. The molecule has 0 saturated carbocycles. The van der Waals surface area contributed by atoms with Crippen molar-refractivity contribution >= 4 is 34.8 Å². The highest BCUT2D eigenvalue weighted by atomic mass is 35.5. The average molecular weight is 404 g/mol. The third-order valence-corrected chi connectivity index (χ3v) is 4.11. The highest BCUT2D eigenvalue weighted by Gasteiger charge is 2.08. The van der Waals surface area contributed by atoms with E-state index >= 15 is 0 Å². The maximum absolute atomic E-state index is 12.1. The third-order valence-electron chi connectivity index (χ3n) is 3.57. The molecule has 1 aromatic heterocycles. The van der Waals surface area contributed by atoms with Crippen LogP contribution in [0.1, 0.15) is 0 Å². The van der Waals surface area contributed by atoms with Crippen LogP contribution in [0, 0.1) is 0 Å². The van der Waals surface area contributed by atoms with Crippen LogP contribution in [-0.2, 0) is 4.79 Å². The second-order valence-corrected chi connectivity index (χ2v) is 6.29. The van der Waals surface area contributed by atoms with E-state index in [-0.39, 0.29) is 12.5 Å². The molecule has 0 radical (unpaired) electrons. The molecule has 0 bridgehead atoms. The Balaban J connectivity index is 1.58. The Morgan fingerprint density at radius 3 is 2.48 bits per heavy atom. The van der Waals surface area contributed by atoms with Crippen molar-refractivity contribution in [3.63, 3.8) is 0 Å². The number of amides is 1. The summed E-state index contributed by atoms with van der Waals surface area (Å²) < 4.78 is 10.4. The summed E-state index contributed by atoms with van der Waals surface area (Å²) in [6.45, 7) is -0.189. The van der Waals surface area contributed by atoms with E-state index in [0.717, 1.165) is 5.56 Å². The van der Waals surface area contributed by atoms with Crippen molar-refractivity contribution in [2.45, 2.75) is 0 Å². The molecule has 0 aliphatic heterocycles. The number of aromatic nitrogens is 2. The first-order valence-corrected chi connectivity index (χ1v) is 8.66. The lowest BCUT2D eigenvalue weighted by Crippen LogP contribution is -2.20. The van der Waals surface area contributed by atoms with Gasteiger partial charge in [0, 0.05) is 28.4 Å². The number of rotatable bonds is 6. The number of anilines is 1. The van der Waals surface area contributed by atoms with Gasteiger partial charge in [0.15, 0.2) is 6.61 Å². The molecule has 8 heteroatoms. The standard InChI is InChI=1S/C19H15Cl2N3O3/c1-26-19-9-8-16(23-24-19)12-2-5-14(6-3-12)22-18(25)11-27-17-10-13(20)4-7-15(17)21/h2-10H,11H2,1H3,(H,22,25). The number of hydrogen-bond donors (Lipinski definition) is 1. The fraction of sp³-hybridized carbons (Fsp3) is 0.105. The van der Waals surface area contributed by atoms with Gasteiger partial charge in [0.2, 0.25) is 5.88 Å². The first-order chi connectivity index (χ1) is 13.0. The minimum Gasteiger partial charge on any atom is -0.482 e. The van der Waals surface area contributed by atoms with E-state index in [1.54, 1.807) is 36.4 Å². The first-order valence-electron chi connectivity index (χ1n) is 7.91. The second-order valence-electron chi connectivity index (χ2n) is 5.45. The molecule has 2 aromatic carbocycles. The van der Waals surface area contributed by atoms with Crippen LogP contribution >= 0.6 is 23.2 Å². The number of carbonyl (C=O) groups is 1. The Morgan fingerprint density at radius 2 is 1.81 bits per heavy atom. The van der Waals surface area contributed by atoms with E-state index in [0.29, 0.717) is 33.1 Å². The normalized spacial score (nSPS) is 10.3. The molecule has 3 aromatic rings. The van der Waals surface area contributed by atoms with Crippen LogP contribution in [-0.4, -0.2) is 29.8 Å². The van der Waals surface area contributed by atoms with Crippen LogP contribution in [0.15, 0.2) is 54.6 Å². The van der Waals surface area contributed by atoms with Gasteiger partial charge in [-0.1, -0.05) is 35.3 Å². The summed E-state index contributed by atoms with van der Waals surface area (Å²) in [7, 11) is 1.53. The van der Waals surface area contributed by atoms with E-state index in [9.17, 15) is 4.79 Å². The summed E-state index contributed by atoms with van der Waals surface area (Å²) >= 11 is 11.9. The van der Waals surface area contributed by atoms with Crippen molar-refractivity contribution in [3.05, 3.63) is 64.6 Å². The lowest BCUT2D eigenvalue weighted by molar-refractivity contribution is -0.118. The number of carbonyl (C=O) groups excluding carboxylic acids is 1. The fourth-order valence-corrected chi connectivity index (χ4v) is 2.57. The van der Waals surface area contributed by atoms with Gasteiger partial charge in [0.05, 0.1) is 17.8 Å². The maximum Gasteiger partial charge on any atom is 0.262 e. The summed E-state index contributed by atoms with van der Waals surface area (Å²) in [6, 6.07) is 15.6. The van der Waals surface area contributed by atoms with E-state index in [1.165, 1.54) is 7.11 Å². The summed E-state index contributed by atoms with van der Waals surface area (Å²) in [4.78, 5) is 12.1. The molecule has 0 unspecified atom stereocenters.